The first-order chi connectivity index (χ1) is 17.1. The molecule has 1 aromatic heterocycles. The van der Waals surface area contributed by atoms with Crippen molar-refractivity contribution in [1.82, 2.24) is 14.9 Å². The van der Waals surface area contributed by atoms with E-state index in [4.69, 9.17) is 14.7 Å². The summed E-state index contributed by atoms with van der Waals surface area (Å²) in [6, 6.07) is 20.2. The van der Waals surface area contributed by atoms with Crippen molar-refractivity contribution < 1.29 is 9.53 Å². The number of para-hydroxylation sites is 2. The largest absolute Gasteiger partial charge is 0.464 e. The number of carbonyl (C=O) groups excluding carboxylic acids is 1. The molecule has 4 rings (SSSR count). The van der Waals surface area contributed by atoms with Gasteiger partial charge in [-0.25, -0.2) is 9.97 Å². The molecule has 35 heavy (non-hydrogen) atoms. The van der Waals surface area contributed by atoms with Gasteiger partial charge in [-0.15, -0.1) is 0 Å². The monoisotopic (exact) mass is 471 g/mol. The van der Waals surface area contributed by atoms with Crippen LogP contribution in [-0.4, -0.2) is 53.6 Å². The summed E-state index contributed by atoms with van der Waals surface area (Å²) >= 11 is 0. The quantitative estimate of drug-likeness (QED) is 0.424. The summed E-state index contributed by atoms with van der Waals surface area (Å²) in [7, 11) is 0. The molecule has 3 aromatic rings. The van der Waals surface area contributed by atoms with Gasteiger partial charge in [-0.1, -0.05) is 69.2 Å². The van der Waals surface area contributed by atoms with Gasteiger partial charge in [0.1, 0.15) is 5.69 Å². The zero-order valence-electron chi connectivity index (χ0n) is 20.6. The molecule has 0 N–H and O–H groups in total. The number of esters is 1. The van der Waals surface area contributed by atoms with Gasteiger partial charge in [0.2, 0.25) is 0 Å². The highest BCUT2D eigenvalue weighted by Gasteiger charge is 2.31. The summed E-state index contributed by atoms with van der Waals surface area (Å²) in [6.07, 6.45) is 1.85. The normalized spacial score (nSPS) is 15.2. The summed E-state index contributed by atoms with van der Waals surface area (Å²) in [5.41, 5.74) is 3.09. The molecule has 0 saturated carbocycles. The van der Waals surface area contributed by atoms with E-state index < -0.39 is 11.9 Å². The van der Waals surface area contributed by atoms with E-state index in [0.717, 1.165) is 51.1 Å². The van der Waals surface area contributed by atoms with Crippen LogP contribution in [0.1, 0.15) is 43.9 Å². The molecule has 1 fully saturated rings. The Kier molecular flexibility index (Phi) is 8.27. The number of anilines is 1. The van der Waals surface area contributed by atoms with Crippen LogP contribution < -0.4 is 4.90 Å². The van der Waals surface area contributed by atoms with Gasteiger partial charge in [-0.3, -0.25) is 9.69 Å². The lowest BCUT2D eigenvalue weighted by Crippen LogP contribution is -2.46. The highest BCUT2D eigenvalue weighted by Crippen LogP contribution is 2.29. The van der Waals surface area contributed by atoms with Crippen LogP contribution in [0.15, 0.2) is 54.6 Å². The first-order valence-electron chi connectivity index (χ1n) is 12.5. The summed E-state index contributed by atoms with van der Waals surface area (Å²) in [5.74, 6) is -0.765. The second-order valence-corrected chi connectivity index (χ2v) is 9.04. The second-order valence-electron chi connectivity index (χ2n) is 9.04. The Morgan fingerprint density at radius 3 is 2.23 bits per heavy atom. The third-order valence-corrected chi connectivity index (χ3v) is 6.75. The minimum atomic E-state index is -1.11. The van der Waals surface area contributed by atoms with Crippen LogP contribution in [-0.2, 0) is 16.1 Å². The van der Waals surface area contributed by atoms with Gasteiger partial charge in [0.05, 0.1) is 23.7 Å². The molecular formula is C28H33N5O2. The van der Waals surface area contributed by atoms with E-state index in [-0.39, 0.29) is 5.92 Å². The second kappa shape index (κ2) is 11.8. The molecule has 0 bridgehead atoms. The Bertz CT molecular complexity index is 1160. The Balaban J connectivity index is 1.56. The average molecular weight is 472 g/mol. The fraction of sp³-hybridized carbons (Fsp3) is 0.429. The van der Waals surface area contributed by atoms with Crippen LogP contribution in [0.2, 0.25) is 0 Å². The van der Waals surface area contributed by atoms with Crippen LogP contribution in [0.3, 0.4) is 0 Å². The molecule has 0 spiro atoms. The first kappa shape index (κ1) is 24.6. The third-order valence-electron chi connectivity index (χ3n) is 6.75. The van der Waals surface area contributed by atoms with E-state index in [1.165, 1.54) is 5.56 Å². The highest BCUT2D eigenvalue weighted by atomic mass is 16.5. The van der Waals surface area contributed by atoms with Crippen molar-refractivity contribution in [2.75, 3.05) is 37.7 Å². The van der Waals surface area contributed by atoms with Gasteiger partial charge in [0.15, 0.2) is 11.7 Å². The predicted octanol–water partition coefficient (Wildman–Crippen LogP) is 4.54. The Labute approximate surface area is 207 Å². The fourth-order valence-electron chi connectivity index (χ4n) is 4.42. The Morgan fingerprint density at radius 1 is 0.971 bits per heavy atom. The molecule has 182 valence electrons. The molecule has 1 aliphatic rings. The Morgan fingerprint density at radius 2 is 1.60 bits per heavy atom. The molecule has 1 saturated heterocycles. The average Bonchev–Trinajstić information content (AvgIpc) is 2.90. The minimum Gasteiger partial charge on any atom is -0.464 e. The molecule has 1 aliphatic heterocycles. The first-order valence-corrected chi connectivity index (χ1v) is 12.5. The number of fused-ring (bicyclic) bond motifs is 1. The number of rotatable bonds is 9. The van der Waals surface area contributed by atoms with Gasteiger partial charge in [0.25, 0.3) is 0 Å². The topological polar surface area (TPSA) is 82.3 Å². The van der Waals surface area contributed by atoms with Crippen LogP contribution >= 0.6 is 0 Å². The molecule has 7 nitrogen and oxygen atoms in total. The summed E-state index contributed by atoms with van der Waals surface area (Å²) < 4.78 is 5.58. The number of hydrogen-bond donors (Lipinski definition) is 0. The van der Waals surface area contributed by atoms with E-state index in [0.29, 0.717) is 23.6 Å². The van der Waals surface area contributed by atoms with Crippen molar-refractivity contribution in [3.8, 4) is 6.07 Å². The van der Waals surface area contributed by atoms with Gasteiger partial charge < -0.3 is 9.64 Å². The standard InChI is InChI=1S/C28H33N5O2/c1-3-21(4-2)20-35-28(34)23(18-29)26-27(31-25-13-9-8-12-24(25)30-26)33-16-14-32(15-17-33)19-22-10-6-5-7-11-22/h5-13,21,23H,3-4,14-17,19-20H2,1-2H3/t23-/m1/s1. The molecule has 2 heterocycles. The third kappa shape index (κ3) is 5.95. The number of nitriles is 1. The minimum absolute atomic E-state index is 0.290. The molecule has 0 radical (unpaired) electrons. The number of ether oxygens (including phenoxy) is 1. The lowest BCUT2D eigenvalue weighted by atomic mass is 10.0. The van der Waals surface area contributed by atoms with Crippen LogP contribution in [0.5, 0.6) is 0 Å². The fourth-order valence-corrected chi connectivity index (χ4v) is 4.42. The predicted molar refractivity (Wildman–Crippen MR) is 137 cm³/mol. The van der Waals surface area contributed by atoms with Gasteiger partial charge in [0, 0.05) is 32.7 Å². The molecule has 0 aliphatic carbocycles. The van der Waals surface area contributed by atoms with Crippen LogP contribution in [0.25, 0.3) is 11.0 Å². The van der Waals surface area contributed by atoms with E-state index >= 15 is 0 Å². The zero-order chi connectivity index (χ0) is 24.6. The maximum atomic E-state index is 13.0. The molecule has 0 amide bonds. The highest BCUT2D eigenvalue weighted by molar-refractivity contribution is 5.85. The maximum absolute atomic E-state index is 13.0. The number of aromatic nitrogens is 2. The van der Waals surface area contributed by atoms with Crippen LogP contribution in [0, 0.1) is 17.2 Å². The molecule has 7 heteroatoms. The maximum Gasteiger partial charge on any atom is 0.329 e. The number of piperazine rings is 1. The van der Waals surface area contributed by atoms with Crippen LogP contribution in [0.4, 0.5) is 5.82 Å². The summed E-state index contributed by atoms with van der Waals surface area (Å²) in [4.78, 5) is 27.2. The van der Waals surface area contributed by atoms with E-state index in [9.17, 15) is 10.1 Å². The molecule has 0 unspecified atom stereocenters. The van der Waals surface area contributed by atoms with Crippen molar-refractivity contribution >= 4 is 22.8 Å². The number of benzene rings is 2. The van der Waals surface area contributed by atoms with Crippen molar-refractivity contribution in [2.24, 2.45) is 5.92 Å². The number of carbonyl (C=O) groups is 1. The summed E-state index contributed by atoms with van der Waals surface area (Å²) in [5, 5.41) is 9.99. The van der Waals surface area contributed by atoms with Crippen molar-refractivity contribution in [2.45, 2.75) is 39.2 Å². The summed E-state index contributed by atoms with van der Waals surface area (Å²) in [6.45, 7) is 8.58. The smallest absolute Gasteiger partial charge is 0.329 e. The Hall–Kier alpha value is -3.50. The van der Waals surface area contributed by atoms with E-state index in [1.54, 1.807) is 0 Å². The lowest BCUT2D eigenvalue weighted by molar-refractivity contribution is -0.145. The lowest BCUT2D eigenvalue weighted by Gasteiger charge is -2.36. The zero-order valence-corrected chi connectivity index (χ0v) is 20.6. The van der Waals surface area contributed by atoms with Gasteiger partial charge in [-0.2, -0.15) is 5.26 Å². The number of hydrogen-bond acceptors (Lipinski definition) is 7. The SMILES string of the molecule is CCC(CC)COC(=O)[C@H](C#N)c1nc2ccccc2nc1N1CCN(Cc2ccccc2)CC1. The number of nitrogens with zero attached hydrogens (tertiary/aromatic N) is 5. The molecular weight excluding hydrogens is 438 g/mol. The van der Waals surface area contributed by atoms with Crippen molar-refractivity contribution in [3.05, 3.63) is 65.9 Å². The molecule has 1 atom stereocenters. The molecule has 2 aromatic carbocycles. The van der Waals surface area contributed by atoms with Gasteiger partial charge in [-0.05, 0) is 23.6 Å². The van der Waals surface area contributed by atoms with E-state index in [2.05, 4.69) is 54.0 Å². The van der Waals surface area contributed by atoms with Gasteiger partial charge >= 0.3 is 5.97 Å². The van der Waals surface area contributed by atoms with Crippen molar-refractivity contribution in [3.63, 3.8) is 0 Å². The van der Waals surface area contributed by atoms with Crippen molar-refractivity contribution in [1.29, 1.82) is 5.26 Å². The van der Waals surface area contributed by atoms with E-state index in [1.807, 2.05) is 30.3 Å².